The van der Waals surface area contributed by atoms with Crippen LogP contribution in [0.3, 0.4) is 0 Å². The van der Waals surface area contributed by atoms with Gasteiger partial charge in [-0.15, -0.1) is 0 Å². The Morgan fingerprint density at radius 1 is 1.26 bits per heavy atom. The summed E-state index contributed by atoms with van der Waals surface area (Å²) >= 11 is 5.92. The molecule has 0 unspecified atom stereocenters. The number of nitrogens with two attached hydrogens (primary N) is 1. The summed E-state index contributed by atoms with van der Waals surface area (Å²) in [6.45, 7) is 1.20. The number of hydrogen-bond donors (Lipinski definition) is 1. The Kier molecular flexibility index (Phi) is 3.76. The van der Waals surface area contributed by atoms with E-state index in [0.717, 1.165) is 11.4 Å². The minimum Gasteiger partial charge on any atom is -0.339 e. The van der Waals surface area contributed by atoms with Crippen molar-refractivity contribution in [3.05, 3.63) is 58.6 Å². The predicted molar refractivity (Wildman–Crippen MR) is 75.1 cm³/mol. The quantitative estimate of drug-likeness (QED) is 0.932. The molecule has 2 aromatic rings. The molecular formula is C15H17ClN3+. The molecule has 2 N–H and O–H groups in total. The smallest absolute Gasteiger partial charge is 0.129 e. The third-order valence-corrected chi connectivity index (χ3v) is 3.90. The lowest BCUT2D eigenvalue weighted by Gasteiger charge is -2.11. The number of nitrogens with zero attached hydrogens (tertiary/aromatic N) is 2. The van der Waals surface area contributed by atoms with E-state index in [1.807, 2.05) is 18.3 Å². The van der Waals surface area contributed by atoms with E-state index in [1.165, 1.54) is 36.2 Å². The van der Waals surface area contributed by atoms with Gasteiger partial charge in [-0.1, -0.05) is 23.7 Å². The molecule has 4 heteroatoms. The molecule has 1 fully saturated rings. The molecule has 2 heterocycles. The molecule has 98 valence electrons. The summed E-state index contributed by atoms with van der Waals surface area (Å²) in [5, 5.41) is 3.16. The van der Waals surface area contributed by atoms with Gasteiger partial charge >= 0.3 is 0 Å². The van der Waals surface area contributed by atoms with Crippen LogP contribution in [0.5, 0.6) is 0 Å². The van der Waals surface area contributed by atoms with Gasteiger partial charge in [0.05, 0.1) is 6.54 Å². The van der Waals surface area contributed by atoms with Gasteiger partial charge in [0.1, 0.15) is 18.1 Å². The van der Waals surface area contributed by atoms with E-state index in [9.17, 15) is 0 Å². The van der Waals surface area contributed by atoms with Crippen LogP contribution in [0.25, 0.3) is 0 Å². The van der Waals surface area contributed by atoms with Gasteiger partial charge in [0.2, 0.25) is 0 Å². The molecule has 1 atom stereocenters. The molecule has 19 heavy (non-hydrogen) atoms. The SMILES string of the molecule is Clc1ccc(Cc2cncnc2[C@H]2CCC[NH2+]2)cc1. The zero-order chi connectivity index (χ0) is 13.1. The standard InChI is InChI=1S/C15H16ClN3/c16-13-5-3-11(4-6-13)8-12-9-17-10-19-15(12)14-2-1-7-18-14/h3-6,9-10,14,18H,1-2,7-8H2/p+1/t14-/m1/s1. The largest absolute Gasteiger partial charge is 0.339 e. The third-order valence-electron chi connectivity index (χ3n) is 3.65. The van der Waals surface area contributed by atoms with E-state index < -0.39 is 0 Å². The molecule has 0 bridgehead atoms. The van der Waals surface area contributed by atoms with Crippen molar-refractivity contribution in [3.63, 3.8) is 0 Å². The molecule has 1 aromatic carbocycles. The Labute approximate surface area is 118 Å². The van der Waals surface area contributed by atoms with Crippen LogP contribution in [-0.4, -0.2) is 16.5 Å². The summed E-state index contributed by atoms with van der Waals surface area (Å²) in [6, 6.07) is 8.50. The van der Waals surface area contributed by atoms with Gasteiger partial charge in [0.25, 0.3) is 0 Å². The minimum absolute atomic E-state index is 0.505. The van der Waals surface area contributed by atoms with Crippen molar-refractivity contribution >= 4 is 11.6 Å². The summed E-state index contributed by atoms with van der Waals surface area (Å²) in [6.07, 6.45) is 6.97. The average Bonchev–Trinajstić information content (AvgIpc) is 2.96. The van der Waals surface area contributed by atoms with E-state index in [-0.39, 0.29) is 0 Å². The molecule has 1 aliphatic heterocycles. The van der Waals surface area contributed by atoms with E-state index in [0.29, 0.717) is 6.04 Å². The maximum atomic E-state index is 5.92. The Balaban J connectivity index is 1.85. The van der Waals surface area contributed by atoms with Crippen molar-refractivity contribution in [2.45, 2.75) is 25.3 Å². The highest BCUT2D eigenvalue weighted by molar-refractivity contribution is 6.30. The predicted octanol–water partition coefficient (Wildman–Crippen LogP) is 2.12. The second kappa shape index (κ2) is 5.68. The molecule has 0 radical (unpaired) electrons. The molecule has 0 saturated carbocycles. The van der Waals surface area contributed by atoms with Crippen molar-refractivity contribution in [2.24, 2.45) is 0 Å². The van der Waals surface area contributed by atoms with E-state index >= 15 is 0 Å². The number of hydrogen-bond acceptors (Lipinski definition) is 2. The Morgan fingerprint density at radius 2 is 2.11 bits per heavy atom. The Morgan fingerprint density at radius 3 is 2.84 bits per heavy atom. The number of benzene rings is 1. The second-order valence-corrected chi connectivity index (χ2v) is 5.45. The summed E-state index contributed by atoms with van der Waals surface area (Å²) < 4.78 is 0. The van der Waals surface area contributed by atoms with Crippen LogP contribution in [-0.2, 0) is 6.42 Å². The lowest BCUT2D eigenvalue weighted by Crippen LogP contribution is -2.82. The van der Waals surface area contributed by atoms with Crippen molar-refractivity contribution in [1.29, 1.82) is 0 Å². The van der Waals surface area contributed by atoms with Crippen LogP contribution >= 0.6 is 11.6 Å². The zero-order valence-corrected chi connectivity index (χ0v) is 11.5. The zero-order valence-electron chi connectivity index (χ0n) is 10.7. The molecule has 0 spiro atoms. The highest BCUT2D eigenvalue weighted by Gasteiger charge is 2.24. The molecule has 0 aliphatic carbocycles. The first kappa shape index (κ1) is 12.6. The summed E-state index contributed by atoms with van der Waals surface area (Å²) in [7, 11) is 0. The first-order valence-corrected chi connectivity index (χ1v) is 7.07. The van der Waals surface area contributed by atoms with Crippen LogP contribution in [0.4, 0.5) is 0 Å². The summed E-state index contributed by atoms with van der Waals surface area (Å²) in [5.74, 6) is 0. The van der Waals surface area contributed by atoms with E-state index in [1.54, 1.807) is 6.33 Å². The summed E-state index contributed by atoms with van der Waals surface area (Å²) in [4.78, 5) is 8.69. The van der Waals surface area contributed by atoms with Crippen LogP contribution in [0.15, 0.2) is 36.8 Å². The van der Waals surface area contributed by atoms with Crippen LogP contribution < -0.4 is 5.32 Å². The number of rotatable bonds is 3. The lowest BCUT2D eigenvalue weighted by molar-refractivity contribution is -0.676. The average molecular weight is 275 g/mol. The highest BCUT2D eigenvalue weighted by Crippen LogP contribution is 2.21. The Hall–Kier alpha value is -1.45. The molecule has 1 aliphatic rings. The first-order valence-electron chi connectivity index (χ1n) is 6.69. The van der Waals surface area contributed by atoms with E-state index in [4.69, 9.17) is 11.6 Å². The summed E-state index contributed by atoms with van der Waals surface area (Å²) in [5.41, 5.74) is 3.67. The Bertz CT molecular complexity index is 548. The van der Waals surface area contributed by atoms with Gasteiger partial charge in [0.15, 0.2) is 0 Å². The van der Waals surface area contributed by atoms with Crippen molar-refractivity contribution in [2.75, 3.05) is 6.54 Å². The van der Waals surface area contributed by atoms with Gasteiger partial charge in [-0.3, -0.25) is 0 Å². The van der Waals surface area contributed by atoms with Gasteiger partial charge in [-0.25, -0.2) is 9.97 Å². The van der Waals surface area contributed by atoms with Crippen LogP contribution in [0.1, 0.15) is 35.7 Å². The number of halogens is 1. The van der Waals surface area contributed by atoms with Gasteiger partial charge in [-0.05, 0) is 17.7 Å². The molecule has 3 nitrogen and oxygen atoms in total. The van der Waals surface area contributed by atoms with Crippen LogP contribution in [0.2, 0.25) is 5.02 Å². The van der Waals surface area contributed by atoms with Crippen molar-refractivity contribution in [1.82, 2.24) is 9.97 Å². The lowest BCUT2D eigenvalue weighted by atomic mass is 10.0. The van der Waals surface area contributed by atoms with Crippen molar-refractivity contribution in [3.8, 4) is 0 Å². The van der Waals surface area contributed by atoms with Gasteiger partial charge < -0.3 is 5.32 Å². The fourth-order valence-corrected chi connectivity index (χ4v) is 2.81. The van der Waals surface area contributed by atoms with Gasteiger partial charge in [0, 0.05) is 36.0 Å². The number of quaternary nitrogens is 1. The topological polar surface area (TPSA) is 42.4 Å². The normalized spacial score (nSPS) is 18.7. The molecule has 1 aromatic heterocycles. The molecule has 0 amide bonds. The van der Waals surface area contributed by atoms with E-state index in [2.05, 4.69) is 27.4 Å². The molecular weight excluding hydrogens is 258 g/mol. The second-order valence-electron chi connectivity index (χ2n) is 5.01. The first-order chi connectivity index (χ1) is 9.33. The van der Waals surface area contributed by atoms with Gasteiger partial charge in [-0.2, -0.15) is 0 Å². The molecule has 1 saturated heterocycles. The maximum absolute atomic E-state index is 5.92. The third kappa shape index (κ3) is 2.94. The monoisotopic (exact) mass is 274 g/mol. The molecule has 3 rings (SSSR count). The fourth-order valence-electron chi connectivity index (χ4n) is 2.68. The van der Waals surface area contributed by atoms with Crippen molar-refractivity contribution < 1.29 is 5.32 Å². The highest BCUT2D eigenvalue weighted by atomic mass is 35.5. The minimum atomic E-state index is 0.505. The maximum Gasteiger partial charge on any atom is 0.129 e. The number of aromatic nitrogens is 2. The van der Waals surface area contributed by atoms with Crippen LogP contribution in [0, 0.1) is 0 Å². The fraction of sp³-hybridized carbons (Fsp3) is 0.333.